The fourth-order valence-electron chi connectivity index (χ4n) is 3.32. The van der Waals surface area contributed by atoms with Crippen LogP contribution in [-0.4, -0.2) is 53.6 Å². The van der Waals surface area contributed by atoms with Crippen LogP contribution in [0.4, 0.5) is 17.1 Å². The zero-order chi connectivity index (χ0) is 20.3. The van der Waals surface area contributed by atoms with E-state index in [2.05, 4.69) is 10.2 Å². The Bertz CT molecular complexity index is 892. The molecular formula is C20H24N4O4. The van der Waals surface area contributed by atoms with E-state index in [0.29, 0.717) is 26.2 Å². The lowest BCUT2D eigenvalue weighted by Crippen LogP contribution is -2.48. The number of aromatic hydroxyl groups is 1. The molecule has 1 heterocycles. The minimum Gasteiger partial charge on any atom is -0.506 e. The van der Waals surface area contributed by atoms with Crippen molar-refractivity contribution < 1.29 is 14.8 Å². The van der Waals surface area contributed by atoms with Crippen molar-refractivity contribution >= 4 is 23.0 Å². The van der Waals surface area contributed by atoms with E-state index in [1.165, 1.54) is 6.07 Å². The monoisotopic (exact) mass is 384 g/mol. The maximum absolute atomic E-state index is 12.4. The summed E-state index contributed by atoms with van der Waals surface area (Å²) in [4.78, 5) is 27.3. The molecule has 1 saturated heterocycles. The quantitative estimate of drug-likeness (QED) is 0.607. The first-order valence-corrected chi connectivity index (χ1v) is 9.16. The average molecular weight is 384 g/mol. The van der Waals surface area contributed by atoms with Crippen LogP contribution in [0.15, 0.2) is 36.4 Å². The molecule has 1 aliphatic rings. The van der Waals surface area contributed by atoms with E-state index in [9.17, 15) is 20.0 Å². The van der Waals surface area contributed by atoms with Gasteiger partial charge in [-0.3, -0.25) is 19.8 Å². The van der Waals surface area contributed by atoms with Crippen LogP contribution in [0, 0.1) is 24.0 Å². The highest BCUT2D eigenvalue weighted by Crippen LogP contribution is 2.29. The number of nitrogens with zero attached hydrogens (tertiary/aromatic N) is 3. The summed E-state index contributed by atoms with van der Waals surface area (Å²) in [6.45, 7) is 6.53. The summed E-state index contributed by atoms with van der Waals surface area (Å²) in [6, 6.07) is 10.3. The van der Waals surface area contributed by atoms with Gasteiger partial charge in [0, 0.05) is 32.2 Å². The van der Waals surface area contributed by atoms with Crippen molar-refractivity contribution in [1.82, 2.24) is 4.90 Å². The molecule has 0 atom stereocenters. The van der Waals surface area contributed by atoms with Crippen molar-refractivity contribution in [1.29, 1.82) is 0 Å². The number of hydrogen-bond acceptors (Lipinski definition) is 6. The molecular weight excluding hydrogens is 360 g/mol. The summed E-state index contributed by atoms with van der Waals surface area (Å²) in [5.41, 5.74) is 2.62. The van der Waals surface area contributed by atoms with E-state index < -0.39 is 4.92 Å². The van der Waals surface area contributed by atoms with Crippen LogP contribution in [0.1, 0.15) is 11.1 Å². The minimum atomic E-state index is -0.479. The number of anilines is 2. The fraction of sp³-hybridized carbons (Fsp3) is 0.350. The second-order valence-corrected chi connectivity index (χ2v) is 7.01. The number of amides is 1. The highest BCUT2D eigenvalue weighted by Gasteiger charge is 2.22. The highest BCUT2D eigenvalue weighted by molar-refractivity contribution is 5.94. The van der Waals surface area contributed by atoms with Gasteiger partial charge in [-0.05, 0) is 43.2 Å². The van der Waals surface area contributed by atoms with Crippen molar-refractivity contribution in [3.05, 3.63) is 57.6 Å². The van der Waals surface area contributed by atoms with Gasteiger partial charge in [0.1, 0.15) is 11.4 Å². The zero-order valence-electron chi connectivity index (χ0n) is 16.0. The molecule has 3 rings (SSSR count). The van der Waals surface area contributed by atoms with Gasteiger partial charge < -0.3 is 15.3 Å². The van der Waals surface area contributed by atoms with Gasteiger partial charge in [-0.15, -0.1) is 0 Å². The Morgan fingerprint density at radius 1 is 1.14 bits per heavy atom. The van der Waals surface area contributed by atoms with Gasteiger partial charge in [-0.25, -0.2) is 0 Å². The van der Waals surface area contributed by atoms with Gasteiger partial charge in [0.05, 0.1) is 17.2 Å². The minimum absolute atomic E-state index is 0.0965. The van der Waals surface area contributed by atoms with Crippen LogP contribution in [0.25, 0.3) is 0 Å². The Kier molecular flexibility index (Phi) is 5.79. The number of para-hydroxylation sites is 2. The third-order valence-electron chi connectivity index (χ3n) is 5.04. The molecule has 2 N–H and O–H groups in total. The van der Waals surface area contributed by atoms with Crippen LogP contribution in [0.2, 0.25) is 0 Å². The van der Waals surface area contributed by atoms with Crippen LogP contribution in [0.3, 0.4) is 0 Å². The van der Waals surface area contributed by atoms with Crippen molar-refractivity contribution in [3.63, 3.8) is 0 Å². The first-order valence-electron chi connectivity index (χ1n) is 9.16. The number of hydrogen-bond donors (Lipinski definition) is 2. The molecule has 8 heteroatoms. The van der Waals surface area contributed by atoms with Gasteiger partial charge in [-0.1, -0.05) is 12.1 Å². The van der Waals surface area contributed by atoms with Gasteiger partial charge in [0.2, 0.25) is 5.91 Å². The molecule has 1 amide bonds. The number of nitro groups is 1. The molecule has 28 heavy (non-hydrogen) atoms. The SMILES string of the molecule is Cc1cc(NC(=O)CN2CCN(c3ccccc3O)CC2)c([N+](=O)[O-])cc1C. The third kappa shape index (κ3) is 4.40. The van der Waals surface area contributed by atoms with E-state index >= 15 is 0 Å². The van der Waals surface area contributed by atoms with E-state index in [-0.39, 0.29) is 29.6 Å². The molecule has 0 aliphatic carbocycles. The molecule has 8 nitrogen and oxygen atoms in total. The second-order valence-electron chi connectivity index (χ2n) is 7.01. The van der Waals surface area contributed by atoms with E-state index in [0.717, 1.165) is 16.8 Å². The predicted octanol–water partition coefficient (Wildman–Crippen LogP) is 2.68. The summed E-state index contributed by atoms with van der Waals surface area (Å²) in [7, 11) is 0. The maximum atomic E-state index is 12.4. The normalized spacial score (nSPS) is 14.7. The summed E-state index contributed by atoms with van der Waals surface area (Å²) in [5.74, 6) is -0.0295. The molecule has 2 aromatic rings. The standard InChI is InChI=1S/C20H24N4O4/c1-14-11-16(18(24(27)28)12-15(14)2)21-20(26)13-22-7-9-23(10-8-22)17-5-3-4-6-19(17)25/h3-6,11-12,25H,7-10,13H2,1-2H3,(H,21,26). The molecule has 148 valence electrons. The van der Waals surface area contributed by atoms with Crippen LogP contribution in [0.5, 0.6) is 5.75 Å². The fourth-order valence-corrected chi connectivity index (χ4v) is 3.32. The lowest BCUT2D eigenvalue weighted by atomic mass is 10.1. The number of phenolic OH excluding ortho intramolecular Hbond substituents is 1. The number of nitrogens with one attached hydrogen (secondary N) is 1. The largest absolute Gasteiger partial charge is 0.506 e. The number of phenols is 1. The summed E-state index contributed by atoms with van der Waals surface area (Å²) < 4.78 is 0. The summed E-state index contributed by atoms with van der Waals surface area (Å²) in [6.07, 6.45) is 0. The molecule has 0 aromatic heterocycles. The number of rotatable bonds is 5. The third-order valence-corrected chi connectivity index (χ3v) is 5.04. The van der Waals surface area contributed by atoms with Crippen LogP contribution >= 0.6 is 0 Å². The first-order chi connectivity index (χ1) is 13.3. The van der Waals surface area contributed by atoms with Crippen LogP contribution < -0.4 is 10.2 Å². The first kappa shape index (κ1) is 19.6. The molecule has 1 aliphatic heterocycles. The number of benzene rings is 2. The van der Waals surface area contributed by atoms with Gasteiger partial charge in [0.15, 0.2) is 0 Å². The summed E-state index contributed by atoms with van der Waals surface area (Å²) >= 11 is 0. The Labute approximate surface area is 163 Å². The zero-order valence-corrected chi connectivity index (χ0v) is 16.0. The Balaban J connectivity index is 1.59. The molecule has 0 spiro atoms. The Hall–Kier alpha value is -3.13. The molecule has 0 radical (unpaired) electrons. The number of carbonyl (C=O) groups excluding carboxylic acids is 1. The van der Waals surface area contributed by atoms with Crippen molar-refractivity contribution in [2.45, 2.75) is 13.8 Å². The maximum Gasteiger partial charge on any atom is 0.293 e. The summed E-state index contributed by atoms with van der Waals surface area (Å²) in [5, 5.41) is 23.9. The van der Waals surface area contributed by atoms with E-state index in [4.69, 9.17) is 0 Å². The topological polar surface area (TPSA) is 99.0 Å². The van der Waals surface area contributed by atoms with Crippen molar-refractivity contribution in [2.75, 3.05) is 42.9 Å². The molecule has 2 aromatic carbocycles. The number of carbonyl (C=O) groups is 1. The molecule has 1 fully saturated rings. The lowest BCUT2D eigenvalue weighted by molar-refractivity contribution is -0.384. The number of piperazine rings is 1. The Morgan fingerprint density at radius 3 is 2.43 bits per heavy atom. The number of nitro benzene ring substituents is 1. The molecule has 0 bridgehead atoms. The molecule has 0 unspecified atom stereocenters. The Morgan fingerprint density at radius 2 is 1.79 bits per heavy atom. The van der Waals surface area contributed by atoms with E-state index in [1.54, 1.807) is 25.1 Å². The highest BCUT2D eigenvalue weighted by atomic mass is 16.6. The van der Waals surface area contributed by atoms with Gasteiger partial charge in [0.25, 0.3) is 5.69 Å². The average Bonchev–Trinajstić information content (AvgIpc) is 2.65. The molecule has 0 saturated carbocycles. The number of aryl methyl sites for hydroxylation is 2. The van der Waals surface area contributed by atoms with Crippen molar-refractivity contribution in [3.8, 4) is 5.75 Å². The van der Waals surface area contributed by atoms with Gasteiger partial charge >= 0.3 is 0 Å². The van der Waals surface area contributed by atoms with Crippen molar-refractivity contribution in [2.24, 2.45) is 0 Å². The van der Waals surface area contributed by atoms with E-state index in [1.807, 2.05) is 24.0 Å². The predicted molar refractivity (Wildman–Crippen MR) is 108 cm³/mol. The van der Waals surface area contributed by atoms with Gasteiger partial charge in [-0.2, -0.15) is 0 Å². The second kappa shape index (κ2) is 8.26. The lowest BCUT2D eigenvalue weighted by Gasteiger charge is -2.35. The van der Waals surface area contributed by atoms with Crippen LogP contribution in [-0.2, 0) is 4.79 Å². The smallest absolute Gasteiger partial charge is 0.293 e.